The zero-order valence-corrected chi connectivity index (χ0v) is 15.1. The van der Waals surface area contributed by atoms with Crippen molar-refractivity contribution in [3.05, 3.63) is 59.8 Å². The number of fused-ring (bicyclic) bond motifs is 1. The van der Waals surface area contributed by atoms with Crippen molar-refractivity contribution < 1.29 is 9.90 Å². The standard InChI is InChI=1S/C20H23N5O2/c26-18(7-6-15-4-2-1-3-5-15)16-8-11-24(12-9-16)20(27)17-10-13-25-19(14-17)21-22-23-25/h1-5,10,13-14,16,18,26H,6-9,11-12H2. The Kier molecular flexibility index (Phi) is 5.11. The number of benzene rings is 1. The van der Waals surface area contributed by atoms with Gasteiger partial charge in [0, 0.05) is 24.8 Å². The Morgan fingerprint density at radius 3 is 2.74 bits per heavy atom. The topological polar surface area (TPSA) is 83.6 Å². The first-order valence-corrected chi connectivity index (χ1v) is 9.40. The van der Waals surface area contributed by atoms with Gasteiger partial charge in [-0.05, 0) is 59.7 Å². The molecule has 1 aliphatic heterocycles. The number of amides is 1. The van der Waals surface area contributed by atoms with Crippen LogP contribution in [0.15, 0.2) is 48.7 Å². The van der Waals surface area contributed by atoms with E-state index in [2.05, 4.69) is 27.7 Å². The number of pyridine rings is 1. The van der Waals surface area contributed by atoms with Crippen LogP contribution < -0.4 is 0 Å². The number of piperidine rings is 1. The van der Waals surface area contributed by atoms with E-state index < -0.39 is 0 Å². The highest BCUT2D eigenvalue weighted by Gasteiger charge is 2.28. The van der Waals surface area contributed by atoms with E-state index in [0.29, 0.717) is 24.3 Å². The number of aromatic nitrogens is 4. The SMILES string of the molecule is O=C(c1ccn2nnnc2c1)N1CCC(C(O)CCc2ccccc2)CC1. The van der Waals surface area contributed by atoms with Crippen molar-refractivity contribution in [3.8, 4) is 0 Å². The second-order valence-corrected chi connectivity index (χ2v) is 7.12. The molecule has 7 nitrogen and oxygen atoms in total. The van der Waals surface area contributed by atoms with Gasteiger partial charge in [0.1, 0.15) is 0 Å². The average Bonchev–Trinajstić information content (AvgIpc) is 3.20. The molecule has 0 bridgehead atoms. The zero-order chi connectivity index (χ0) is 18.6. The van der Waals surface area contributed by atoms with Crippen LogP contribution in [0.25, 0.3) is 5.65 Å². The van der Waals surface area contributed by atoms with Crippen LogP contribution in [-0.4, -0.2) is 55.1 Å². The number of hydrogen-bond donors (Lipinski definition) is 1. The second kappa shape index (κ2) is 7.84. The van der Waals surface area contributed by atoms with Crippen molar-refractivity contribution >= 4 is 11.6 Å². The maximum absolute atomic E-state index is 12.7. The molecular formula is C20H23N5O2. The van der Waals surface area contributed by atoms with E-state index in [-0.39, 0.29) is 17.9 Å². The number of likely N-dealkylation sites (tertiary alicyclic amines) is 1. The third-order valence-electron chi connectivity index (χ3n) is 5.39. The predicted molar refractivity (Wildman–Crippen MR) is 100 cm³/mol. The van der Waals surface area contributed by atoms with Crippen molar-refractivity contribution in [3.63, 3.8) is 0 Å². The summed E-state index contributed by atoms with van der Waals surface area (Å²) in [5.41, 5.74) is 2.41. The molecule has 3 aromatic rings. The summed E-state index contributed by atoms with van der Waals surface area (Å²) in [6.07, 6.45) is 4.68. The zero-order valence-electron chi connectivity index (χ0n) is 15.1. The van der Waals surface area contributed by atoms with Gasteiger partial charge in [0.05, 0.1) is 6.10 Å². The van der Waals surface area contributed by atoms with Gasteiger partial charge in [-0.25, -0.2) is 4.52 Å². The van der Waals surface area contributed by atoms with Gasteiger partial charge in [0.2, 0.25) is 0 Å². The molecule has 1 aliphatic rings. The molecule has 0 aliphatic carbocycles. The summed E-state index contributed by atoms with van der Waals surface area (Å²) in [4.78, 5) is 14.6. The molecule has 7 heteroatoms. The van der Waals surface area contributed by atoms with Crippen molar-refractivity contribution in [2.45, 2.75) is 31.8 Å². The molecule has 4 rings (SSSR count). The monoisotopic (exact) mass is 365 g/mol. The molecule has 1 atom stereocenters. The average molecular weight is 365 g/mol. The number of tetrazole rings is 1. The highest BCUT2D eigenvalue weighted by molar-refractivity contribution is 5.95. The third kappa shape index (κ3) is 3.98. The largest absolute Gasteiger partial charge is 0.393 e. The van der Waals surface area contributed by atoms with Crippen LogP contribution in [0.3, 0.4) is 0 Å². The fourth-order valence-electron chi connectivity index (χ4n) is 3.74. The Labute approximate surface area is 157 Å². The molecule has 140 valence electrons. The summed E-state index contributed by atoms with van der Waals surface area (Å²) in [5, 5.41) is 21.8. The van der Waals surface area contributed by atoms with Crippen LogP contribution in [0.1, 0.15) is 35.2 Å². The molecule has 0 saturated carbocycles. The summed E-state index contributed by atoms with van der Waals surface area (Å²) >= 11 is 0. The highest BCUT2D eigenvalue weighted by atomic mass is 16.3. The minimum absolute atomic E-state index is 0.00211. The fraction of sp³-hybridized carbons (Fsp3) is 0.400. The lowest BCUT2D eigenvalue weighted by Crippen LogP contribution is -2.41. The second-order valence-electron chi connectivity index (χ2n) is 7.12. The molecular weight excluding hydrogens is 342 g/mol. The normalized spacial score (nSPS) is 16.6. The molecule has 1 saturated heterocycles. The number of rotatable bonds is 5. The van der Waals surface area contributed by atoms with E-state index >= 15 is 0 Å². The fourth-order valence-corrected chi connectivity index (χ4v) is 3.74. The summed E-state index contributed by atoms with van der Waals surface area (Å²) < 4.78 is 1.53. The maximum atomic E-state index is 12.7. The number of carbonyl (C=O) groups excluding carboxylic acids is 1. The smallest absolute Gasteiger partial charge is 0.254 e. The Bertz CT molecular complexity index is 903. The molecule has 2 aromatic heterocycles. The minimum atomic E-state index is -0.319. The molecule has 1 N–H and O–H groups in total. The van der Waals surface area contributed by atoms with Crippen LogP contribution in [0, 0.1) is 5.92 Å². The van der Waals surface area contributed by atoms with Crippen LogP contribution in [0.5, 0.6) is 0 Å². The quantitative estimate of drug-likeness (QED) is 0.747. The molecule has 3 heterocycles. The van der Waals surface area contributed by atoms with Crippen molar-refractivity contribution in [1.82, 2.24) is 24.9 Å². The van der Waals surface area contributed by atoms with Crippen LogP contribution in [0.4, 0.5) is 0 Å². The molecule has 1 unspecified atom stereocenters. The van der Waals surface area contributed by atoms with E-state index in [9.17, 15) is 9.90 Å². The lowest BCUT2D eigenvalue weighted by molar-refractivity contribution is 0.0437. The lowest BCUT2D eigenvalue weighted by Gasteiger charge is -2.34. The van der Waals surface area contributed by atoms with Gasteiger partial charge in [0.15, 0.2) is 5.65 Å². The molecule has 0 radical (unpaired) electrons. The summed E-state index contributed by atoms with van der Waals surface area (Å²) in [7, 11) is 0. The van der Waals surface area contributed by atoms with Gasteiger partial charge in [-0.3, -0.25) is 4.79 Å². The Morgan fingerprint density at radius 2 is 1.96 bits per heavy atom. The Hall–Kier alpha value is -2.80. The van der Waals surface area contributed by atoms with Crippen LogP contribution in [0.2, 0.25) is 0 Å². The highest BCUT2D eigenvalue weighted by Crippen LogP contribution is 2.24. The van der Waals surface area contributed by atoms with E-state index in [1.807, 2.05) is 23.1 Å². The minimum Gasteiger partial charge on any atom is -0.393 e. The number of aliphatic hydroxyl groups is 1. The molecule has 1 fully saturated rings. The first-order chi connectivity index (χ1) is 13.2. The predicted octanol–water partition coefficient (Wildman–Crippen LogP) is 1.97. The number of nitrogens with zero attached hydrogens (tertiary/aromatic N) is 5. The van der Waals surface area contributed by atoms with E-state index in [0.717, 1.165) is 25.7 Å². The van der Waals surface area contributed by atoms with Gasteiger partial charge in [-0.2, -0.15) is 0 Å². The van der Waals surface area contributed by atoms with Crippen LogP contribution >= 0.6 is 0 Å². The molecule has 0 spiro atoms. The maximum Gasteiger partial charge on any atom is 0.254 e. The first kappa shape index (κ1) is 17.6. The van der Waals surface area contributed by atoms with Crippen LogP contribution in [-0.2, 0) is 6.42 Å². The number of hydrogen-bond acceptors (Lipinski definition) is 5. The summed E-state index contributed by atoms with van der Waals surface area (Å²) in [6, 6.07) is 13.7. The number of aliphatic hydroxyl groups excluding tert-OH is 1. The van der Waals surface area contributed by atoms with Gasteiger partial charge in [0.25, 0.3) is 5.91 Å². The summed E-state index contributed by atoms with van der Waals surface area (Å²) in [6.45, 7) is 1.34. The van der Waals surface area contributed by atoms with E-state index in [1.54, 1.807) is 18.3 Å². The number of aryl methyl sites for hydroxylation is 1. The number of carbonyl (C=O) groups is 1. The van der Waals surface area contributed by atoms with E-state index in [1.165, 1.54) is 10.1 Å². The Morgan fingerprint density at radius 1 is 1.19 bits per heavy atom. The van der Waals surface area contributed by atoms with Gasteiger partial charge >= 0.3 is 0 Å². The van der Waals surface area contributed by atoms with Crippen molar-refractivity contribution in [2.24, 2.45) is 5.92 Å². The van der Waals surface area contributed by atoms with Crippen molar-refractivity contribution in [1.29, 1.82) is 0 Å². The molecule has 1 amide bonds. The van der Waals surface area contributed by atoms with E-state index in [4.69, 9.17) is 0 Å². The molecule has 1 aromatic carbocycles. The summed E-state index contributed by atoms with van der Waals surface area (Å²) in [5.74, 6) is 0.249. The lowest BCUT2D eigenvalue weighted by atomic mass is 9.88. The third-order valence-corrected chi connectivity index (χ3v) is 5.39. The van der Waals surface area contributed by atoms with Gasteiger partial charge < -0.3 is 10.0 Å². The first-order valence-electron chi connectivity index (χ1n) is 9.40. The van der Waals surface area contributed by atoms with Gasteiger partial charge in [-0.1, -0.05) is 30.3 Å². The van der Waals surface area contributed by atoms with Gasteiger partial charge in [-0.15, -0.1) is 5.10 Å². The Balaban J connectivity index is 1.30. The molecule has 27 heavy (non-hydrogen) atoms. The van der Waals surface area contributed by atoms with Crippen molar-refractivity contribution in [2.75, 3.05) is 13.1 Å².